The molecule has 0 saturated heterocycles. The van der Waals surface area contributed by atoms with Gasteiger partial charge in [0.25, 0.3) is 0 Å². The lowest BCUT2D eigenvalue weighted by Crippen LogP contribution is -2.35. The zero-order valence-corrected chi connectivity index (χ0v) is 9.64. The number of hydrogen-bond acceptors (Lipinski definition) is 1. The van der Waals surface area contributed by atoms with E-state index in [4.69, 9.17) is 4.55 Å². The highest BCUT2D eigenvalue weighted by Gasteiger charge is 2.44. The van der Waals surface area contributed by atoms with E-state index in [1.807, 2.05) is 0 Å². The summed E-state index contributed by atoms with van der Waals surface area (Å²) in [6.07, 6.45) is -0.983. The number of hydrogen-bond donors (Lipinski definition) is 1. The van der Waals surface area contributed by atoms with E-state index in [1.54, 1.807) is 22.6 Å². The highest BCUT2D eigenvalue weighted by Crippen LogP contribution is 2.36. The van der Waals surface area contributed by atoms with Crippen molar-refractivity contribution >= 4 is 33.7 Å². The van der Waals surface area contributed by atoms with E-state index in [0.717, 1.165) is 6.08 Å². The molecular formula is C7H6F3IO2S. The van der Waals surface area contributed by atoms with Gasteiger partial charge in [0.05, 0.1) is 9.50 Å². The van der Waals surface area contributed by atoms with Crippen LogP contribution in [0.5, 0.6) is 0 Å². The van der Waals surface area contributed by atoms with E-state index >= 15 is 0 Å². The minimum Gasteiger partial charge on any atom is -0.306 e. The molecule has 0 aromatic carbocycles. The normalized spacial score (nSPS) is 29.9. The second-order valence-electron chi connectivity index (χ2n) is 2.65. The molecule has 0 bridgehead atoms. The van der Waals surface area contributed by atoms with Gasteiger partial charge in [0, 0.05) is 0 Å². The fourth-order valence-corrected chi connectivity index (χ4v) is 3.23. The summed E-state index contributed by atoms with van der Waals surface area (Å²) in [4.78, 5) is 0. The monoisotopic (exact) mass is 338 g/mol. The second-order valence-corrected chi connectivity index (χ2v) is 5.14. The maximum atomic E-state index is 12.4. The van der Waals surface area contributed by atoms with Crippen LogP contribution in [0.3, 0.4) is 0 Å². The van der Waals surface area contributed by atoms with Crippen molar-refractivity contribution in [3.05, 3.63) is 23.8 Å². The molecule has 0 spiro atoms. The Morgan fingerprint density at radius 2 is 2.07 bits per heavy atom. The molecule has 0 amide bonds. The van der Waals surface area contributed by atoms with E-state index in [0.29, 0.717) is 0 Å². The van der Waals surface area contributed by atoms with Crippen LogP contribution in [-0.4, -0.2) is 24.1 Å². The smallest absolute Gasteiger partial charge is 0.306 e. The van der Waals surface area contributed by atoms with Crippen molar-refractivity contribution in [2.75, 3.05) is 0 Å². The Morgan fingerprint density at radius 1 is 1.50 bits per heavy atom. The van der Waals surface area contributed by atoms with Gasteiger partial charge in [-0.15, -0.1) is 0 Å². The minimum atomic E-state index is -4.54. The van der Waals surface area contributed by atoms with Gasteiger partial charge >= 0.3 is 6.18 Å². The summed E-state index contributed by atoms with van der Waals surface area (Å²) >= 11 is -0.797. The standard InChI is InChI=1S/C7H6F3IO2S/c8-7(9,10)4-2-1-3-5(11)6(4)14(12)13/h1-3,5-6H,(H,12,13)/t5-,6?/m0/s1. The van der Waals surface area contributed by atoms with Crippen molar-refractivity contribution in [2.24, 2.45) is 0 Å². The fraction of sp³-hybridized carbons (Fsp3) is 0.429. The van der Waals surface area contributed by atoms with Gasteiger partial charge in [-0.05, 0) is 0 Å². The Bertz CT molecular complexity index is 311. The zero-order chi connectivity index (χ0) is 10.9. The van der Waals surface area contributed by atoms with E-state index in [-0.39, 0.29) is 0 Å². The van der Waals surface area contributed by atoms with Crippen LogP contribution in [-0.2, 0) is 11.1 Å². The molecule has 1 rings (SSSR count). The molecule has 2 unspecified atom stereocenters. The average Bonchev–Trinajstić information content (AvgIpc) is 2.01. The molecule has 1 aliphatic rings. The molecule has 0 aromatic rings. The molecule has 80 valence electrons. The van der Waals surface area contributed by atoms with Crippen molar-refractivity contribution in [1.29, 1.82) is 0 Å². The third kappa shape index (κ3) is 2.57. The number of allylic oxidation sites excluding steroid dienone is 3. The summed E-state index contributed by atoms with van der Waals surface area (Å²) in [6, 6.07) is 0. The lowest BCUT2D eigenvalue weighted by Gasteiger charge is -2.24. The molecule has 7 heteroatoms. The molecule has 0 heterocycles. The third-order valence-corrected chi connectivity index (χ3v) is 4.32. The van der Waals surface area contributed by atoms with Gasteiger partial charge in [-0.3, -0.25) is 0 Å². The summed E-state index contributed by atoms with van der Waals surface area (Å²) < 4.78 is 56.0. The Labute approximate surface area is 94.7 Å². The lowest BCUT2D eigenvalue weighted by atomic mass is 10.0. The first-order valence-electron chi connectivity index (χ1n) is 3.53. The molecular weight excluding hydrogens is 332 g/mol. The highest BCUT2D eigenvalue weighted by molar-refractivity contribution is 14.1. The van der Waals surface area contributed by atoms with Gasteiger partial charge in [0.15, 0.2) is 11.1 Å². The van der Waals surface area contributed by atoms with Gasteiger partial charge in [-0.1, -0.05) is 40.8 Å². The largest absolute Gasteiger partial charge is 0.413 e. The van der Waals surface area contributed by atoms with E-state index in [9.17, 15) is 17.4 Å². The van der Waals surface area contributed by atoms with E-state index in [1.165, 1.54) is 12.2 Å². The second kappa shape index (κ2) is 4.31. The molecule has 1 N–H and O–H groups in total. The van der Waals surface area contributed by atoms with Crippen LogP contribution in [0, 0.1) is 0 Å². The summed E-state index contributed by atoms with van der Waals surface area (Å²) in [7, 11) is 0. The lowest BCUT2D eigenvalue weighted by molar-refractivity contribution is -0.0934. The average molecular weight is 338 g/mol. The van der Waals surface area contributed by atoms with Crippen LogP contribution >= 0.6 is 22.6 Å². The first-order valence-corrected chi connectivity index (χ1v) is 5.95. The van der Waals surface area contributed by atoms with E-state index < -0.39 is 32.0 Å². The summed E-state index contributed by atoms with van der Waals surface area (Å²) in [6.45, 7) is 0. The highest BCUT2D eigenvalue weighted by atomic mass is 127. The summed E-state index contributed by atoms with van der Waals surface area (Å²) in [5, 5.41) is -1.39. The summed E-state index contributed by atoms with van der Waals surface area (Å²) in [5.74, 6) is 0. The molecule has 0 radical (unpaired) electrons. The van der Waals surface area contributed by atoms with E-state index in [2.05, 4.69) is 0 Å². The number of rotatable bonds is 1. The molecule has 0 fully saturated rings. The van der Waals surface area contributed by atoms with Crippen molar-refractivity contribution < 1.29 is 21.9 Å². The molecule has 1 aliphatic carbocycles. The number of halogens is 4. The molecule has 0 aromatic heterocycles. The van der Waals surface area contributed by atoms with Crippen molar-refractivity contribution in [1.82, 2.24) is 0 Å². The third-order valence-electron chi connectivity index (χ3n) is 1.71. The van der Waals surface area contributed by atoms with Gasteiger partial charge < -0.3 is 4.55 Å². The van der Waals surface area contributed by atoms with Crippen molar-refractivity contribution in [3.8, 4) is 0 Å². The Hall–Kier alpha value is 0.110. The SMILES string of the molecule is O=S(O)C1C(C(F)(F)F)=CC=C[C@@H]1I. The number of alkyl halides is 4. The topological polar surface area (TPSA) is 37.3 Å². The van der Waals surface area contributed by atoms with Gasteiger partial charge in [0.2, 0.25) is 0 Å². The Balaban J connectivity index is 3.07. The Morgan fingerprint density at radius 3 is 2.43 bits per heavy atom. The first-order chi connectivity index (χ1) is 6.34. The summed E-state index contributed by atoms with van der Waals surface area (Å²) in [5.41, 5.74) is -0.944. The fourth-order valence-electron chi connectivity index (χ4n) is 1.11. The molecule has 14 heavy (non-hydrogen) atoms. The first kappa shape index (κ1) is 12.2. The molecule has 3 atom stereocenters. The maximum Gasteiger partial charge on any atom is 0.413 e. The quantitative estimate of drug-likeness (QED) is 0.453. The van der Waals surface area contributed by atoms with Crippen LogP contribution in [0.25, 0.3) is 0 Å². The molecule has 2 nitrogen and oxygen atoms in total. The molecule has 0 aliphatic heterocycles. The predicted molar refractivity (Wildman–Crippen MR) is 55.6 cm³/mol. The van der Waals surface area contributed by atoms with Gasteiger partial charge in [-0.2, -0.15) is 13.2 Å². The maximum absolute atomic E-state index is 12.4. The minimum absolute atomic E-state index is 0.611. The van der Waals surface area contributed by atoms with Gasteiger partial charge in [0.1, 0.15) is 5.25 Å². The van der Waals surface area contributed by atoms with Crippen molar-refractivity contribution in [3.63, 3.8) is 0 Å². The zero-order valence-electron chi connectivity index (χ0n) is 6.66. The van der Waals surface area contributed by atoms with Crippen LogP contribution in [0.2, 0.25) is 0 Å². The molecule has 0 saturated carbocycles. The van der Waals surface area contributed by atoms with Crippen molar-refractivity contribution in [2.45, 2.75) is 15.4 Å². The van der Waals surface area contributed by atoms with Crippen LogP contribution in [0.1, 0.15) is 0 Å². The van der Waals surface area contributed by atoms with Gasteiger partial charge in [-0.25, -0.2) is 4.21 Å². The van der Waals surface area contributed by atoms with Crippen LogP contribution in [0.15, 0.2) is 23.8 Å². The van der Waals surface area contributed by atoms with Crippen LogP contribution in [0.4, 0.5) is 13.2 Å². The van der Waals surface area contributed by atoms with Crippen LogP contribution < -0.4 is 0 Å². The predicted octanol–water partition coefficient (Wildman–Crippen LogP) is 2.44. The Kier molecular flexibility index (Phi) is 3.75.